The number of nitrogens with two attached hydrogens (primary N) is 1. The Morgan fingerprint density at radius 2 is 1.95 bits per heavy atom. The van der Waals surface area contributed by atoms with Crippen LogP contribution < -0.4 is 16.4 Å². The average molecular weight is 292 g/mol. The van der Waals surface area contributed by atoms with Crippen molar-refractivity contribution >= 4 is 34.6 Å². The third-order valence-corrected chi connectivity index (χ3v) is 3.34. The zero-order valence-electron chi connectivity index (χ0n) is 11.5. The number of anilines is 4. The van der Waals surface area contributed by atoms with Crippen molar-refractivity contribution in [3.8, 4) is 0 Å². The number of hydrogen-bond donors (Lipinski definition) is 3. The van der Waals surface area contributed by atoms with Gasteiger partial charge in [-0.05, 0) is 25.5 Å². The predicted molar refractivity (Wildman–Crippen MR) is 84.6 cm³/mol. The number of halogens is 1. The first-order valence-corrected chi connectivity index (χ1v) is 6.88. The van der Waals surface area contributed by atoms with Gasteiger partial charge in [-0.3, -0.25) is 0 Å². The fourth-order valence-electron chi connectivity index (χ4n) is 1.64. The Labute approximate surface area is 123 Å². The summed E-state index contributed by atoms with van der Waals surface area (Å²) in [5, 5.41) is 6.99. The Bertz CT molecular complexity index is 588. The molecule has 0 amide bonds. The summed E-state index contributed by atoms with van der Waals surface area (Å²) >= 11 is 6.11. The lowest BCUT2D eigenvalue weighted by Gasteiger charge is -2.16. The minimum Gasteiger partial charge on any atom is -0.393 e. The highest BCUT2D eigenvalue weighted by atomic mass is 35.5. The molecule has 20 heavy (non-hydrogen) atoms. The van der Waals surface area contributed by atoms with E-state index in [1.54, 1.807) is 6.07 Å². The molecule has 5 nitrogen and oxygen atoms in total. The molecule has 0 fully saturated rings. The van der Waals surface area contributed by atoms with Crippen LogP contribution in [-0.4, -0.2) is 16.0 Å². The minimum atomic E-state index is 0.292. The smallest absolute Gasteiger partial charge is 0.159 e. The topological polar surface area (TPSA) is 75.9 Å². The molecule has 4 N–H and O–H groups in total. The van der Waals surface area contributed by atoms with Crippen molar-refractivity contribution in [1.82, 2.24) is 9.97 Å². The predicted octanol–water partition coefficient (Wildman–Crippen LogP) is 3.67. The van der Waals surface area contributed by atoms with Gasteiger partial charge in [0.1, 0.15) is 12.0 Å². The second-order valence-electron chi connectivity index (χ2n) is 4.54. The van der Waals surface area contributed by atoms with Crippen LogP contribution in [0.2, 0.25) is 5.02 Å². The normalized spacial score (nSPS) is 11.9. The van der Waals surface area contributed by atoms with Crippen molar-refractivity contribution < 1.29 is 0 Å². The summed E-state index contributed by atoms with van der Waals surface area (Å²) < 4.78 is 0. The van der Waals surface area contributed by atoms with E-state index in [0.29, 0.717) is 28.4 Å². The van der Waals surface area contributed by atoms with Crippen LogP contribution >= 0.6 is 11.6 Å². The van der Waals surface area contributed by atoms with Crippen LogP contribution in [0.5, 0.6) is 0 Å². The van der Waals surface area contributed by atoms with Crippen LogP contribution in [0, 0.1) is 0 Å². The lowest BCUT2D eigenvalue weighted by molar-refractivity contribution is 0.759. The Morgan fingerprint density at radius 3 is 2.65 bits per heavy atom. The summed E-state index contributed by atoms with van der Waals surface area (Å²) in [5.74, 6) is 1.17. The zero-order valence-corrected chi connectivity index (χ0v) is 12.3. The number of benzene rings is 1. The molecule has 106 valence electrons. The molecule has 1 atom stereocenters. The Balaban J connectivity index is 2.25. The highest BCUT2D eigenvalue weighted by Gasteiger charge is 2.11. The molecule has 0 aliphatic rings. The van der Waals surface area contributed by atoms with E-state index in [1.807, 2.05) is 18.2 Å². The molecule has 0 radical (unpaired) electrons. The molecule has 2 aromatic rings. The summed E-state index contributed by atoms with van der Waals surface area (Å²) in [6, 6.07) is 7.72. The Morgan fingerprint density at radius 1 is 1.25 bits per heavy atom. The summed E-state index contributed by atoms with van der Waals surface area (Å²) in [5.41, 5.74) is 7.33. The highest BCUT2D eigenvalue weighted by molar-refractivity contribution is 6.33. The lowest BCUT2D eigenvalue weighted by atomic mass is 10.2. The molecule has 0 saturated carbocycles. The van der Waals surface area contributed by atoms with Crippen LogP contribution in [0.4, 0.5) is 23.0 Å². The standard InChI is InChI=1S/C14H18ClN5/c1-3-9(2)19-13-12(16)14(18-8-17-13)20-11-7-5-4-6-10(11)15/h4-9H,3,16H2,1-2H3,(H2,17,18,19,20). The lowest BCUT2D eigenvalue weighted by Crippen LogP contribution is -2.16. The molecule has 1 unspecified atom stereocenters. The first kappa shape index (κ1) is 14.4. The van der Waals surface area contributed by atoms with Gasteiger partial charge in [0.25, 0.3) is 0 Å². The number of rotatable bonds is 5. The van der Waals surface area contributed by atoms with Gasteiger partial charge in [0.05, 0.1) is 10.7 Å². The van der Waals surface area contributed by atoms with Crippen molar-refractivity contribution in [1.29, 1.82) is 0 Å². The van der Waals surface area contributed by atoms with E-state index in [-0.39, 0.29) is 0 Å². The first-order valence-electron chi connectivity index (χ1n) is 6.50. The molecule has 1 aromatic carbocycles. The van der Waals surface area contributed by atoms with E-state index in [2.05, 4.69) is 34.4 Å². The summed E-state index contributed by atoms with van der Waals surface area (Å²) in [7, 11) is 0. The molecule has 1 heterocycles. The number of nitrogens with one attached hydrogen (secondary N) is 2. The van der Waals surface area contributed by atoms with E-state index < -0.39 is 0 Å². The third kappa shape index (κ3) is 3.30. The first-order chi connectivity index (χ1) is 9.61. The van der Waals surface area contributed by atoms with Gasteiger partial charge in [-0.2, -0.15) is 0 Å². The molecule has 0 bridgehead atoms. The van der Waals surface area contributed by atoms with E-state index in [1.165, 1.54) is 6.33 Å². The quantitative estimate of drug-likeness (QED) is 0.783. The second-order valence-corrected chi connectivity index (χ2v) is 4.95. The van der Waals surface area contributed by atoms with Crippen molar-refractivity contribution in [2.75, 3.05) is 16.4 Å². The maximum Gasteiger partial charge on any atom is 0.159 e. The van der Waals surface area contributed by atoms with Crippen molar-refractivity contribution in [2.45, 2.75) is 26.3 Å². The van der Waals surface area contributed by atoms with E-state index >= 15 is 0 Å². The molecule has 2 rings (SSSR count). The van der Waals surface area contributed by atoms with Gasteiger partial charge in [0.15, 0.2) is 11.6 Å². The van der Waals surface area contributed by atoms with Crippen LogP contribution in [0.1, 0.15) is 20.3 Å². The van der Waals surface area contributed by atoms with Crippen LogP contribution in [0.3, 0.4) is 0 Å². The molecule has 0 aliphatic carbocycles. The van der Waals surface area contributed by atoms with Gasteiger partial charge in [-0.15, -0.1) is 0 Å². The van der Waals surface area contributed by atoms with Crippen LogP contribution in [-0.2, 0) is 0 Å². The Kier molecular flexibility index (Phi) is 4.63. The van der Waals surface area contributed by atoms with Crippen molar-refractivity contribution in [3.05, 3.63) is 35.6 Å². The largest absolute Gasteiger partial charge is 0.393 e. The second kappa shape index (κ2) is 6.43. The minimum absolute atomic E-state index is 0.292. The van der Waals surface area contributed by atoms with E-state index in [0.717, 1.165) is 12.1 Å². The highest BCUT2D eigenvalue weighted by Crippen LogP contribution is 2.29. The van der Waals surface area contributed by atoms with Gasteiger partial charge in [0.2, 0.25) is 0 Å². The van der Waals surface area contributed by atoms with Gasteiger partial charge in [-0.1, -0.05) is 30.7 Å². The van der Waals surface area contributed by atoms with Gasteiger partial charge < -0.3 is 16.4 Å². The molecule has 0 spiro atoms. The van der Waals surface area contributed by atoms with Gasteiger partial charge >= 0.3 is 0 Å². The molecular weight excluding hydrogens is 274 g/mol. The molecule has 1 aromatic heterocycles. The number of hydrogen-bond acceptors (Lipinski definition) is 5. The monoisotopic (exact) mass is 291 g/mol. The number of aromatic nitrogens is 2. The van der Waals surface area contributed by atoms with Gasteiger partial charge in [0, 0.05) is 6.04 Å². The summed E-state index contributed by atoms with van der Waals surface area (Å²) in [6.45, 7) is 4.17. The number of nitrogen functional groups attached to an aromatic ring is 1. The maximum atomic E-state index is 6.11. The van der Waals surface area contributed by atoms with E-state index in [4.69, 9.17) is 17.3 Å². The molecule has 6 heteroatoms. The summed E-state index contributed by atoms with van der Waals surface area (Å²) in [6.07, 6.45) is 2.46. The summed E-state index contributed by atoms with van der Waals surface area (Å²) in [4.78, 5) is 8.33. The molecular formula is C14H18ClN5. The zero-order chi connectivity index (χ0) is 14.5. The molecule has 0 aliphatic heterocycles. The maximum absolute atomic E-state index is 6.11. The average Bonchev–Trinajstić information content (AvgIpc) is 2.45. The van der Waals surface area contributed by atoms with Crippen molar-refractivity contribution in [2.24, 2.45) is 0 Å². The van der Waals surface area contributed by atoms with E-state index in [9.17, 15) is 0 Å². The van der Waals surface area contributed by atoms with Crippen molar-refractivity contribution in [3.63, 3.8) is 0 Å². The molecule has 0 saturated heterocycles. The number of nitrogens with zero attached hydrogens (tertiary/aromatic N) is 2. The van der Waals surface area contributed by atoms with Gasteiger partial charge in [-0.25, -0.2) is 9.97 Å². The fourth-order valence-corrected chi connectivity index (χ4v) is 1.82. The fraction of sp³-hybridized carbons (Fsp3) is 0.286. The Hall–Kier alpha value is -2.01. The van der Waals surface area contributed by atoms with Crippen LogP contribution in [0.25, 0.3) is 0 Å². The third-order valence-electron chi connectivity index (χ3n) is 3.01. The van der Waals surface area contributed by atoms with Crippen LogP contribution in [0.15, 0.2) is 30.6 Å². The number of para-hydroxylation sites is 1. The SMILES string of the molecule is CCC(C)Nc1ncnc(Nc2ccccc2Cl)c1N.